The number of alkyl halides is 3. The molecule has 4 aromatic rings. The Bertz CT molecular complexity index is 1170. The summed E-state index contributed by atoms with van der Waals surface area (Å²) in [6, 6.07) is 15.5. The van der Waals surface area contributed by atoms with Gasteiger partial charge >= 0.3 is 6.18 Å². The molecule has 0 aliphatic rings. The highest BCUT2D eigenvalue weighted by Crippen LogP contribution is 2.35. The van der Waals surface area contributed by atoms with Crippen LogP contribution in [0.25, 0.3) is 34.0 Å². The van der Waals surface area contributed by atoms with Gasteiger partial charge in [-0.3, -0.25) is 10.1 Å². The van der Waals surface area contributed by atoms with Crippen molar-refractivity contribution in [1.29, 1.82) is 0 Å². The molecule has 0 saturated carbocycles. The second-order valence-electron chi connectivity index (χ2n) is 6.17. The molecule has 2 aromatic carbocycles. The average Bonchev–Trinajstić information content (AvgIpc) is 3.37. The fourth-order valence-electron chi connectivity index (χ4n) is 2.80. The van der Waals surface area contributed by atoms with E-state index in [-0.39, 0.29) is 11.4 Å². The Hall–Kier alpha value is -3.81. The number of nitrogens with zero attached hydrogens (tertiary/aromatic N) is 1. The van der Waals surface area contributed by atoms with Crippen LogP contribution in [-0.2, 0) is 6.18 Å². The number of nitro groups is 1. The summed E-state index contributed by atoms with van der Waals surface area (Å²) in [6.07, 6.45) is -1.77. The minimum atomic E-state index is -4.44. The Balaban J connectivity index is 1.60. The SMILES string of the molecule is O=[N+]([O-])c1ccc(-c2cc(-c3ccc(-c4cccc(C(F)(F)F)c4)o3)[c]o2)cc1. The minimum absolute atomic E-state index is 0.0405. The third kappa shape index (κ3) is 3.77. The Morgan fingerprint density at radius 2 is 1.59 bits per heavy atom. The molecule has 29 heavy (non-hydrogen) atoms. The van der Waals surface area contributed by atoms with Crippen molar-refractivity contribution in [2.45, 2.75) is 6.18 Å². The van der Waals surface area contributed by atoms with Gasteiger partial charge in [-0.2, -0.15) is 13.2 Å². The highest BCUT2D eigenvalue weighted by Gasteiger charge is 2.30. The number of non-ortho nitro benzene ring substituents is 1. The highest BCUT2D eigenvalue weighted by molar-refractivity contribution is 5.69. The predicted octanol–water partition coefficient (Wildman–Crippen LogP) is 6.60. The normalized spacial score (nSPS) is 11.6. The molecule has 0 spiro atoms. The molecule has 2 aromatic heterocycles. The first-order valence-electron chi connectivity index (χ1n) is 8.35. The van der Waals surface area contributed by atoms with Crippen LogP contribution >= 0.6 is 0 Å². The van der Waals surface area contributed by atoms with Gasteiger partial charge in [0, 0.05) is 23.3 Å². The lowest BCUT2D eigenvalue weighted by Crippen LogP contribution is -2.04. The number of rotatable bonds is 4. The highest BCUT2D eigenvalue weighted by atomic mass is 19.4. The van der Waals surface area contributed by atoms with Crippen LogP contribution < -0.4 is 0 Å². The van der Waals surface area contributed by atoms with E-state index in [0.29, 0.717) is 28.2 Å². The van der Waals surface area contributed by atoms with E-state index < -0.39 is 16.7 Å². The second kappa shape index (κ2) is 6.97. The lowest BCUT2D eigenvalue weighted by molar-refractivity contribution is -0.384. The number of hydrogen-bond acceptors (Lipinski definition) is 4. The Kier molecular flexibility index (Phi) is 4.46. The van der Waals surface area contributed by atoms with Crippen LogP contribution in [0.15, 0.2) is 75.6 Å². The van der Waals surface area contributed by atoms with E-state index in [1.165, 1.54) is 24.3 Å². The molecule has 2 heterocycles. The number of hydrogen-bond donors (Lipinski definition) is 0. The van der Waals surface area contributed by atoms with E-state index in [0.717, 1.165) is 12.1 Å². The average molecular weight is 398 g/mol. The van der Waals surface area contributed by atoms with Crippen LogP contribution in [0, 0.1) is 16.4 Å². The van der Waals surface area contributed by atoms with Crippen molar-refractivity contribution in [3.8, 4) is 34.0 Å². The summed E-state index contributed by atoms with van der Waals surface area (Å²) < 4.78 is 49.8. The number of halogens is 3. The van der Waals surface area contributed by atoms with Crippen molar-refractivity contribution < 1.29 is 26.9 Å². The molecule has 0 fully saturated rings. The van der Waals surface area contributed by atoms with Crippen LogP contribution in [0.1, 0.15) is 5.56 Å². The van der Waals surface area contributed by atoms with Gasteiger partial charge in [0.25, 0.3) is 5.69 Å². The van der Waals surface area contributed by atoms with Gasteiger partial charge in [-0.25, -0.2) is 0 Å². The van der Waals surface area contributed by atoms with Crippen LogP contribution in [0.2, 0.25) is 0 Å². The second-order valence-corrected chi connectivity index (χ2v) is 6.17. The van der Waals surface area contributed by atoms with Gasteiger partial charge < -0.3 is 8.83 Å². The molecule has 0 unspecified atom stereocenters. The van der Waals surface area contributed by atoms with Gasteiger partial charge in [0.1, 0.15) is 17.3 Å². The molecule has 8 heteroatoms. The van der Waals surface area contributed by atoms with Crippen LogP contribution in [0.3, 0.4) is 0 Å². The summed E-state index contributed by atoms with van der Waals surface area (Å²) in [5.41, 5.74) is 0.578. The molecule has 0 aliphatic heterocycles. The van der Waals surface area contributed by atoms with Crippen molar-refractivity contribution >= 4 is 5.69 Å². The molecule has 145 valence electrons. The zero-order valence-corrected chi connectivity index (χ0v) is 14.6. The Morgan fingerprint density at radius 3 is 2.28 bits per heavy atom. The minimum Gasteiger partial charge on any atom is -0.456 e. The van der Waals surface area contributed by atoms with Crippen LogP contribution in [-0.4, -0.2) is 4.92 Å². The van der Waals surface area contributed by atoms with Gasteiger partial charge in [0.15, 0.2) is 6.26 Å². The fraction of sp³-hybridized carbons (Fsp3) is 0.0476. The van der Waals surface area contributed by atoms with E-state index >= 15 is 0 Å². The fourth-order valence-corrected chi connectivity index (χ4v) is 2.80. The van der Waals surface area contributed by atoms with E-state index in [1.807, 2.05) is 0 Å². The Labute approximate surface area is 162 Å². The predicted molar refractivity (Wildman–Crippen MR) is 97.8 cm³/mol. The first kappa shape index (κ1) is 18.5. The van der Waals surface area contributed by atoms with Gasteiger partial charge in [0.05, 0.1) is 16.1 Å². The lowest BCUT2D eigenvalue weighted by Gasteiger charge is -2.07. The third-order valence-corrected chi connectivity index (χ3v) is 4.25. The summed E-state index contributed by atoms with van der Waals surface area (Å²) in [4.78, 5) is 10.2. The van der Waals surface area contributed by atoms with Crippen molar-refractivity contribution in [3.63, 3.8) is 0 Å². The molecular weight excluding hydrogens is 387 g/mol. The van der Waals surface area contributed by atoms with Gasteiger partial charge in [-0.15, -0.1) is 0 Å². The third-order valence-electron chi connectivity index (χ3n) is 4.25. The summed E-state index contributed by atoms with van der Waals surface area (Å²) >= 11 is 0. The van der Waals surface area contributed by atoms with Gasteiger partial charge in [-0.05, 0) is 42.5 Å². The maximum Gasteiger partial charge on any atom is 0.416 e. The van der Waals surface area contributed by atoms with Crippen LogP contribution in [0.5, 0.6) is 0 Å². The quantitative estimate of drug-likeness (QED) is 0.287. The summed E-state index contributed by atoms with van der Waals surface area (Å²) in [7, 11) is 0. The van der Waals surface area contributed by atoms with Gasteiger partial charge in [0.2, 0.25) is 0 Å². The summed E-state index contributed by atoms with van der Waals surface area (Å²) in [5.74, 6) is 1.07. The summed E-state index contributed by atoms with van der Waals surface area (Å²) in [5, 5.41) is 10.7. The van der Waals surface area contributed by atoms with Gasteiger partial charge in [-0.1, -0.05) is 12.1 Å². The van der Waals surface area contributed by atoms with E-state index in [1.54, 1.807) is 30.3 Å². The van der Waals surface area contributed by atoms with Crippen molar-refractivity contribution in [2.75, 3.05) is 0 Å². The standard InChI is InChI=1S/C21H11F3NO4/c22-21(23,24)16-3-1-2-14(10-16)18-8-9-19(29-18)15-11-20(28-12-15)13-4-6-17(7-5-13)25(26)27/h1-11H. The van der Waals surface area contributed by atoms with Crippen molar-refractivity contribution in [3.05, 3.63) is 88.7 Å². The number of furan rings is 2. The van der Waals surface area contributed by atoms with E-state index in [9.17, 15) is 23.3 Å². The first-order valence-corrected chi connectivity index (χ1v) is 8.35. The molecule has 5 nitrogen and oxygen atoms in total. The molecule has 0 amide bonds. The summed E-state index contributed by atoms with van der Waals surface area (Å²) in [6.45, 7) is 0. The molecule has 1 radical (unpaired) electrons. The largest absolute Gasteiger partial charge is 0.456 e. The smallest absolute Gasteiger partial charge is 0.416 e. The number of nitro benzene ring substituents is 1. The van der Waals surface area contributed by atoms with E-state index in [4.69, 9.17) is 8.83 Å². The van der Waals surface area contributed by atoms with Crippen molar-refractivity contribution in [1.82, 2.24) is 0 Å². The van der Waals surface area contributed by atoms with E-state index in [2.05, 4.69) is 6.26 Å². The molecule has 0 atom stereocenters. The maximum absolute atomic E-state index is 12.9. The van der Waals surface area contributed by atoms with Crippen LogP contribution in [0.4, 0.5) is 18.9 Å². The monoisotopic (exact) mass is 398 g/mol. The molecule has 0 saturated heterocycles. The zero-order valence-electron chi connectivity index (χ0n) is 14.6. The van der Waals surface area contributed by atoms with Crippen molar-refractivity contribution in [2.24, 2.45) is 0 Å². The topological polar surface area (TPSA) is 69.4 Å². The maximum atomic E-state index is 12.9. The molecule has 0 aliphatic carbocycles. The molecule has 0 bridgehead atoms. The Morgan fingerprint density at radius 1 is 0.862 bits per heavy atom. The molecule has 4 rings (SSSR count). The molecule has 0 N–H and O–H groups in total. The molecular formula is C21H11F3NO4. The lowest BCUT2D eigenvalue weighted by atomic mass is 10.1. The number of benzene rings is 2. The zero-order chi connectivity index (χ0) is 20.6. The first-order chi connectivity index (χ1) is 13.8.